The highest BCUT2D eigenvalue weighted by molar-refractivity contribution is 8.00. The number of thioether (sulfide) groups is 1. The highest BCUT2D eigenvalue weighted by Crippen LogP contribution is 2.26. The molecule has 2 rings (SSSR count). The minimum atomic E-state index is -0.972. The van der Waals surface area contributed by atoms with Gasteiger partial charge in [-0.2, -0.15) is 11.8 Å². The van der Waals surface area contributed by atoms with Crippen LogP contribution in [0.1, 0.15) is 19.4 Å². The molecule has 2 atom stereocenters. The number of aliphatic carboxylic acids is 1. The van der Waals surface area contributed by atoms with E-state index in [0.717, 1.165) is 19.2 Å². The fourth-order valence-electron chi connectivity index (χ4n) is 2.09. The molecule has 1 aliphatic rings. The maximum Gasteiger partial charge on any atom is 0.328 e. The summed E-state index contributed by atoms with van der Waals surface area (Å²) in [6, 6.07) is 0. The Labute approximate surface area is 116 Å². The number of rotatable bonds is 3. The topological polar surface area (TPSA) is 66.3 Å². The summed E-state index contributed by atoms with van der Waals surface area (Å²) in [5.74, 6) is -0.258. The monoisotopic (exact) mass is 279 g/mol. The first kappa shape index (κ1) is 13.9. The number of nitrogens with zero attached hydrogens (tertiary/aromatic N) is 3. The molecule has 0 aliphatic carbocycles. The fraction of sp³-hybridized carbons (Fsp3) is 0.462. The summed E-state index contributed by atoms with van der Waals surface area (Å²) in [4.78, 5) is 21.2. The predicted molar refractivity (Wildman–Crippen MR) is 77.4 cm³/mol. The molecule has 0 bridgehead atoms. The molecule has 1 aromatic rings. The van der Waals surface area contributed by atoms with Gasteiger partial charge in [0.2, 0.25) is 5.95 Å². The second-order valence-corrected chi connectivity index (χ2v) is 6.53. The third-order valence-corrected chi connectivity index (χ3v) is 4.01. The standard InChI is InChI=1S/C13H17N3O2S/c1-9-7-16(8-10(2)19-9)13-14-5-11(6-15-13)3-4-12(17)18/h3-6,9-10H,7-8H2,1-2H3,(H,17,18)/b4-3+. The Bertz CT molecular complexity index is 465. The summed E-state index contributed by atoms with van der Waals surface area (Å²) in [6.45, 7) is 6.30. The first-order valence-corrected chi connectivity index (χ1v) is 7.12. The first-order valence-electron chi connectivity index (χ1n) is 6.18. The number of hydrogen-bond donors (Lipinski definition) is 1. The van der Waals surface area contributed by atoms with Gasteiger partial charge in [-0.05, 0) is 6.08 Å². The van der Waals surface area contributed by atoms with Crippen LogP contribution >= 0.6 is 11.8 Å². The maximum absolute atomic E-state index is 10.4. The van der Waals surface area contributed by atoms with Crippen molar-refractivity contribution in [2.24, 2.45) is 0 Å². The van der Waals surface area contributed by atoms with E-state index in [1.165, 1.54) is 6.08 Å². The van der Waals surface area contributed by atoms with Crippen molar-refractivity contribution >= 4 is 29.8 Å². The lowest BCUT2D eigenvalue weighted by Gasteiger charge is -2.34. The van der Waals surface area contributed by atoms with Crippen LogP contribution < -0.4 is 4.90 Å². The number of aromatic nitrogens is 2. The third-order valence-electron chi connectivity index (χ3n) is 2.78. The Morgan fingerprint density at radius 2 is 1.95 bits per heavy atom. The average molecular weight is 279 g/mol. The van der Waals surface area contributed by atoms with E-state index in [1.807, 2.05) is 11.8 Å². The van der Waals surface area contributed by atoms with Crippen LogP contribution in [-0.2, 0) is 4.79 Å². The lowest BCUT2D eigenvalue weighted by Crippen LogP contribution is -2.41. The molecule has 1 saturated heterocycles. The molecule has 0 radical (unpaired) electrons. The summed E-state index contributed by atoms with van der Waals surface area (Å²) in [5, 5.41) is 9.69. The predicted octanol–water partition coefficient (Wildman–Crippen LogP) is 1.90. The molecule has 2 heterocycles. The average Bonchev–Trinajstić information content (AvgIpc) is 2.36. The zero-order valence-corrected chi connectivity index (χ0v) is 11.8. The summed E-state index contributed by atoms with van der Waals surface area (Å²) in [6.07, 6.45) is 5.88. The molecular weight excluding hydrogens is 262 g/mol. The Morgan fingerprint density at radius 3 is 2.47 bits per heavy atom. The van der Waals surface area contributed by atoms with Crippen LogP contribution in [0.4, 0.5) is 5.95 Å². The summed E-state index contributed by atoms with van der Waals surface area (Å²) in [5.41, 5.74) is 0.693. The van der Waals surface area contributed by atoms with Crippen LogP contribution in [0.15, 0.2) is 18.5 Å². The van der Waals surface area contributed by atoms with Crippen LogP contribution in [0.3, 0.4) is 0 Å². The second-order valence-electron chi connectivity index (χ2n) is 4.65. The van der Waals surface area contributed by atoms with Gasteiger partial charge in [0.15, 0.2) is 0 Å². The van der Waals surface area contributed by atoms with Crippen molar-refractivity contribution in [3.8, 4) is 0 Å². The molecule has 0 aromatic carbocycles. The minimum absolute atomic E-state index is 0.568. The minimum Gasteiger partial charge on any atom is -0.478 e. The van der Waals surface area contributed by atoms with Gasteiger partial charge >= 0.3 is 5.97 Å². The van der Waals surface area contributed by atoms with Crippen LogP contribution in [0.5, 0.6) is 0 Å². The van der Waals surface area contributed by atoms with E-state index in [4.69, 9.17) is 5.11 Å². The number of carboxylic acids is 1. The van der Waals surface area contributed by atoms with E-state index in [-0.39, 0.29) is 0 Å². The quantitative estimate of drug-likeness (QED) is 0.853. The van der Waals surface area contributed by atoms with Gasteiger partial charge in [0, 0.05) is 47.6 Å². The maximum atomic E-state index is 10.4. The highest BCUT2D eigenvalue weighted by Gasteiger charge is 2.23. The molecule has 102 valence electrons. The van der Waals surface area contributed by atoms with E-state index in [2.05, 4.69) is 28.7 Å². The van der Waals surface area contributed by atoms with Crippen molar-refractivity contribution < 1.29 is 9.90 Å². The third kappa shape index (κ3) is 3.96. The number of anilines is 1. The van der Waals surface area contributed by atoms with Crippen molar-refractivity contribution in [2.75, 3.05) is 18.0 Å². The summed E-state index contributed by atoms with van der Waals surface area (Å²) >= 11 is 1.98. The molecule has 19 heavy (non-hydrogen) atoms. The van der Waals surface area contributed by atoms with Gasteiger partial charge in [-0.1, -0.05) is 13.8 Å². The zero-order valence-electron chi connectivity index (χ0n) is 11.0. The van der Waals surface area contributed by atoms with Crippen molar-refractivity contribution in [2.45, 2.75) is 24.3 Å². The van der Waals surface area contributed by atoms with E-state index < -0.39 is 5.97 Å². The van der Waals surface area contributed by atoms with E-state index in [0.29, 0.717) is 22.0 Å². The Balaban J connectivity index is 2.07. The Morgan fingerprint density at radius 1 is 1.37 bits per heavy atom. The van der Waals surface area contributed by atoms with Gasteiger partial charge in [0.05, 0.1) is 0 Å². The largest absolute Gasteiger partial charge is 0.478 e. The van der Waals surface area contributed by atoms with E-state index in [9.17, 15) is 4.79 Å². The first-order chi connectivity index (χ1) is 9.04. The van der Waals surface area contributed by atoms with Crippen LogP contribution in [0.2, 0.25) is 0 Å². The summed E-state index contributed by atoms with van der Waals surface area (Å²) in [7, 11) is 0. The Hall–Kier alpha value is -1.56. The van der Waals surface area contributed by atoms with Gasteiger partial charge < -0.3 is 10.0 Å². The van der Waals surface area contributed by atoms with Gasteiger partial charge in [-0.15, -0.1) is 0 Å². The van der Waals surface area contributed by atoms with Gasteiger partial charge in [-0.25, -0.2) is 14.8 Å². The molecule has 0 saturated carbocycles. The van der Waals surface area contributed by atoms with Crippen LogP contribution in [0.25, 0.3) is 6.08 Å². The van der Waals surface area contributed by atoms with E-state index >= 15 is 0 Å². The van der Waals surface area contributed by atoms with Gasteiger partial charge in [-0.3, -0.25) is 0 Å². The molecule has 1 aromatic heterocycles. The molecular formula is C13H17N3O2S. The molecule has 0 amide bonds. The fourth-order valence-corrected chi connectivity index (χ4v) is 3.41. The number of carboxylic acid groups (broad SMARTS) is 1. The lowest BCUT2D eigenvalue weighted by atomic mass is 10.3. The smallest absolute Gasteiger partial charge is 0.328 e. The molecule has 5 nitrogen and oxygen atoms in total. The summed E-state index contributed by atoms with van der Waals surface area (Å²) < 4.78 is 0. The highest BCUT2D eigenvalue weighted by atomic mass is 32.2. The van der Waals surface area contributed by atoms with Crippen molar-refractivity contribution in [3.63, 3.8) is 0 Å². The van der Waals surface area contributed by atoms with Crippen molar-refractivity contribution in [3.05, 3.63) is 24.0 Å². The molecule has 2 unspecified atom stereocenters. The normalized spacial score (nSPS) is 23.8. The van der Waals surface area contributed by atoms with Crippen LogP contribution in [0, 0.1) is 0 Å². The van der Waals surface area contributed by atoms with Crippen LogP contribution in [-0.4, -0.2) is 44.6 Å². The molecule has 6 heteroatoms. The number of carbonyl (C=O) groups is 1. The van der Waals surface area contributed by atoms with Gasteiger partial charge in [0.1, 0.15) is 0 Å². The second kappa shape index (κ2) is 6.06. The zero-order chi connectivity index (χ0) is 13.8. The SMILES string of the molecule is CC1CN(c2ncc(/C=C/C(=O)O)cn2)CC(C)S1. The van der Waals surface area contributed by atoms with E-state index in [1.54, 1.807) is 12.4 Å². The Kier molecular flexibility index (Phi) is 4.42. The molecule has 1 fully saturated rings. The van der Waals surface area contributed by atoms with Crippen molar-refractivity contribution in [1.82, 2.24) is 9.97 Å². The van der Waals surface area contributed by atoms with Crippen molar-refractivity contribution in [1.29, 1.82) is 0 Å². The lowest BCUT2D eigenvalue weighted by molar-refractivity contribution is -0.131. The number of hydrogen-bond acceptors (Lipinski definition) is 5. The molecule has 1 aliphatic heterocycles. The molecule has 0 spiro atoms. The molecule has 1 N–H and O–H groups in total. The van der Waals surface area contributed by atoms with Gasteiger partial charge in [0.25, 0.3) is 0 Å².